The van der Waals surface area contributed by atoms with E-state index in [9.17, 15) is 14.7 Å². The Hall–Kier alpha value is -2.28. The second-order valence-corrected chi connectivity index (χ2v) is 3.95. The summed E-state index contributed by atoms with van der Waals surface area (Å²) in [5.41, 5.74) is 1.75. The van der Waals surface area contributed by atoms with Crippen molar-refractivity contribution in [1.82, 2.24) is 5.32 Å². The number of aromatic hydroxyl groups is 1. The van der Waals surface area contributed by atoms with Gasteiger partial charge in [0, 0.05) is 12.5 Å². The van der Waals surface area contributed by atoms with Crippen LogP contribution in [0.15, 0.2) is 12.1 Å². The number of carbonyl (C=O) groups is 2. The van der Waals surface area contributed by atoms with E-state index in [1.165, 1.54) is 19.9 Å². The van der Waals surface area contributed by atoms with Crippen molar-refractivity contribution in [3.05, 3.63) is 28.8 Å². The molecule has 0 radical (unpaired) electrons. The highest BCUT2D eigenvalue weighted by atomic mass is 16.3. The van der Waals surface area contributed by atoms with Gasteiger partial charge in [-0.2, -0.15) is 0 Å². The number of amides is 1. The van der Waals surface area contributed by atoms with Crippen LogP contribution in [0.1, 0.15) is 35.3 Å². The molecule has 0 unspecified atom stereocenters. The number of hydrogen-bond donors (Lipinski definition) is 2. The van der Waals surface area contributed by atoms with E-state index in [0.29, 0.717) is 11.1 Å². The van der Waals surface area contributed by atoms with Gasteiger partial charge in [-0.05, 0) is 31.5 Å². The third-order valence-corrected chi connectivity index (χ3v) is 2.37. The van der Waals surface area contributed by atoms with E-state index < -0.39 is 0 Å². The molecule has 0 aliphatic heterocycles. The molecular formula is C14H15NO3. The predicted octanol–water partition coefficient (Wildman–Crippen LogP) is 1.39. The molecular weight excluding hydrogens is 230 g/mol. The summed E-state index contributed by atoms with van der Waals surface area (Å²) in [6, 6.07) is 3.08. The number of phenols is 1. The third kappa shape index (κ3) is 3.63. The van der Waals surface area contributed by atoms with E-state index in [0.717, 1.165) is 5.56 Å². The van der Waals surface area contributed by atoms with Crippen LogP contribution in [-0.2, 0) is 4.79 Å². The zero-order chi connectivity index (χ0) is 13.7. The molecule has 0 aliphatic carbocycles. The van der Waals surface area contributed by atoms with Gasteiger partial charge < -0.3 is 10.4 Å². The predicted molar refractivity (Wildman–Crippen MR) is 68.4 cm³/mol. The van der Waals surface area contributed by atoms with Crippen molar-refractivity contribution < 1.29 is 14.7 Å². The molecule has 0 fully saturated rings. The quantitative estimate of drug-likeness (QED) is 0.611. The van der Waals surface area contributed by atoms with Gasteiger partial charge in [0.25, 0.3) is 0 Å². The van der Waals surface area contributed by atoms with Gasteiger partial charge in [-0.3, -0.25) is 9.59 Å². The van der Waals surface area contributed by atoms with Crippen molar-refractivity contribution in [2.75, 3.05) is 6.54 Å². The second kappa shape index (κ2) is 5.87. The largest absolute Gasteiger partial charge is 0.507 e. The van der Waals surface area contributed by atoms with E-state index in [-0.39, 0.29) is 24.0 Å². The summed E-state index contributed by atoms with van der Waals surface area (Å²) in [5.74, 6) is 5.21. The van der Waals surface area contributed by atoms with Crippen LogP contribution in [0.5, 0.6) is 5.75 Å². The highest BCUT2D eigenvalue weighted by Crippen LogP contribution is 2.22. The van der Waals surface area contributed by atoms with Crippen molar-refractivity contribution in [1.29, 1.82) is 0 Å². The number of aryl methyl sites for hydroxylation is 1. The van der Waals surface area contributed by atoms with Crippen molar-refractivity contribution in [2.45, 2.75) is 20.8 Å². The molecule has 0 aromatic heterocycles. The normalized spacial score (nSPS) is 9.28. The third-order valence-electron chi connectivity index (χ3n) is 2.37. The van der Waals surface area contributed by atoms with Crippen molar-refractivity contribution in [3.8, 4) is 17.6 Å². The number of benzene rings is 1. The van der Waals surface area contributed by atoms with Gasteiger partial charge in [0.1, 0.15) is 5.75 Å². The molecule has 0 atom stereocenters. The molecule has 1 aromatic rings. The fourth-order valence-corrected chi connectivity index (χ4v) is 1.42. The molecule has 0 aliphatic rings. The summed E-state index contributed by atoms with van der Waals surface area (Å²) in [6.45, 7) is 4.88. The molecule has 4 nitrogen and oxygen atoms in total. The van der Waals surface area contributed by atoms with Gasteiger partial charge in [-0.25, -0.2) is 0 Å². The summed E-state index contributed by atoms with van der Waals surface area (Å²) in [6.07, 6.45) is 0. The lowest BCUT2D eigenvalue weighted by Gasteiger charge is -2.04. The standard InChI is InChI=1S/C14H15NO3/c1-9-7-13(10(2)16)14(18)8-12(9)5-4-6-15-11(3)17/h7-8,18H,6H2,1-3H3,(H,15,17). The Morgan fingerprint density at radius 2 is 2.00 bits per heavy atom. The van der Waals surface area contributed by atoms with Gasteiger partial charge >= 0.3 is 0 Å². The van der Waals surface area contributed by atoms with Crippen LogP contribution in [0.4, 0.5) is 0 Å². The molecule has 4 heteroatoms. The molecule has 0 heterocycles. The van der Waals surface area contributed by atoms with E-state index in [4.69, 9.17) is 0 Å². The van der Waals surface area contributed by atoms with Crippen LogP contribution in [-0.4, -0.2) is 23.3 Å². The Morgan fingerprint density at radius 1 is 1.33 bits per heavy atom. The van der Waals surface area contributed by atoms with Crippen LogP contribution in [0.3, 0.4) is 0 Å². The summed E-state index contributed by atoms with van der Waals surface area (Å²) in [5, 5.41) is 12.2. The first-order valence-corrected chi connectivity index (χ1v) is 5.49. The minimum Gasteiger partial charge on any atom is -0.507 e. The van der Waals surface area contributed by atoms with E-state index in [2.05, 4.69) is 17.2 Å². The van der Waals surface area contributed by atoms with Crippen LogP contribution >= 0.6 is 0 Å². The van der Waals surface area contributed by atoms with E-state index in [1.54, 1.807) is 6.07 Å². The van der Waals surface area contributed by atoms with Crippen molar-refractivity contribution in [3.63, 3.8) is 0 Å². The summed E-state index contributed by atoms with van der Waals surface area (Å²) in [4.78, 5) is 21.9. The number of rotatable bonds is 2. The number of carbonyl (C=O) groups excluding carboxylic acids is 2. The topological polar surface area (TPSA) is 66.4 Å². The van der Waals surface area contributed by atoms with Gasteiger partial charge in [0.15, 0.2) is 5.78 Å². The maximum absolute atomic E-state index is 11.2. The molecule has 1 aromatic carbocycles. The Balaban J connectivity index is 2.94. The molecule has 18 heavy (non-hydrogen) atoms. The van der Waals surface area contributed by atoms with Crippen LogP contribution < -0.4 is 5.32 Å². The Morgan fingerprint density at radius 3 is 2.56 bits per heavy atom. The summed E-state index contributed by atoms with van der Waals surface area (Å²) >= 11 is 0. The molecule has 0 saturated heterocycles. The number of ketones is 1. The average Bonchev–Trinajstić information content (AvgIpc) is 2.27. The molecule has 0 saturated carbocycles. The molecule has 94 valence electrons. The fraction of sp³-hybridized carbons (Fsp3) is 0.286. The minimum absolute atomic E-state index is 0.0723. The van der Waals surface area contributed by atoms with E-state index in [1.807, 2.05) is 6.92 Å². The number of Topliss-reactive ketones (excluding diaryl/α,β-unsaturated/α-hetero) is 1. The monoisotopic (exact) mass is 245 g/mol. The van der Waals surface area contributed by atoms with Crippen LogP contribution in [0.25, 0.3) is 0 Å². The maximum atomic E-state index is 11.2. The number of nitrogens with one attached hydrogen (secondary N) is 1. The van der Waals surface area contributed by atoms with Gasteiger partial charge in [0.05, 0.1) is 12.1 Å². The van der Waals surface area contributed by atoms with Gasteiger partial charge in [-0.1, -0.05) is 11.8 Å². The van der Waals surface area contributed by atoms with Gasteiger partial charge in [-0.15, -0.1) is 0 Å². The maximum Gasteiger partial charge on any atom is 0.217 e. The average molecular weight is 245 g/mol. The summed E-state index contributed by atoms with van der Waals surface area (Å²) in [7, 11) is 0. The Labute approximate surface area is 106 Å². The highest BCUT2D eigenvalue weighted by Gasteiger charge is 2.08. The zero-order valence-electron chi connectivity index (χ0n) is 10.6. The first-order chi connectivity index (χ1) is 8.41. The smallest absolute Gasteiger partial charge is 0.217 e. The number of hydrogen-bond acceptors (Lipinski definition) is 3. The molecule has 0 spiro atoms. The Bertz CT molecular complexity index is 550. The number of phenolic OH excluding ortho intramolecular Hbond substituents is 1. The minimum atomic E-state index is -0.187. The molecule has 1 rings (SSSR count). The van der Waals surface area contributed by atoms with E-state index >= 15 is 0 Å². The van der Waals surface area contributed by atoms with Crippen LogP contribution in [0.2, 0.25) is 0 Å². The zero-order valence-corrected chi connectivity index (χ0v) is 10.6. The molecule has 0 bridgehead atoms. The van der Waals surface area contributed by atoms with Crippen LogP contribution in [0, 0.1) is 18.8 Å². The SMILES string of the molecule is CC(=O)NCC#Cc1cc(O)c(C(C)=O)cc1C. The molecule has 2 N–H and O–H groups in total. The highest BCUT2D eigenvalue weighted by molar-refractivity contribution is 5.97. The molecule has 1 amide bonds. The lowest BCUT2D eigenvalue weighted by atomic mass is 10.0. The first kappa shape index (κ1) is 13.8. The van der Waals surface area contributed by atoms with Crippen molar-refractivity contribution in [2.24, 2.45) is 0 Å². The lowest BCUT2D eigenvalue weighted by Crippen LogP contribution is -2.19. The second-order valence-electron chi connectivity index (χ2n) is 3.95. The lowest BCUT2D eigenvalue weighted by molar-refractivity contribution is -0.118. The Kier molecular flexibility index (Phi) is 4.50. The van der Waals surface area contributed by atoms with Crippen molar-refractivity contribution >= 4 is 11.7 Å². The first-order valence-electron chi connectivity index (χ1n) is 5.49. The summed E-state index contributed by atoms with van der Waals surface area (Å²) < 4.78 is 0. The fourth-order valence-electron chi connectivity index (χ4n) is 1.42. The van der Waals surface area contributed by atoms with Gasteiger partial charge in [0.2, 0.25) is 5.91 Å².